The molecule has 0 aliphatic heterocycles. The lowest BCUT2D eigenvalue weighted by Gasteiger charge is -2.34. The fraction of sp³-hybridized carbons (Fsp3) is 0.0400. The van der Waals surface area contributed by atoms with E-state index in [1.54, 1.807) is 0 Å². The molecule has 1 unspecified atom stereocenters. The molecule has 250 valence electrons. The van der Waals surface area contributed by atoms with Gasteiger partial charge in [-0.25, -0.2) is 0 Å². The lowest BCUT2D eigenvalue weighted by Crippen LogP contribution is -2.22. The molecular weight excluding hydrogens is 647 g/mol. The van der Waals surface area contributed by atoms with E-state index < -0.39 is 0 Å². The van der Waals surface area contributed by atoms with Gasteiger partial charge in [0, 0.05) is 44.4 Å². The summed E-state index contributed by atoms with van der Waals surface area (Å²) in [4.78, 5) is 2.44. The number of allylic oxidation sites excluding steroid dienone is 7. The van der Waals surface area contributed by atoms with Crippen LogP contribution >= 0.6 is 0 Å². The van der Waals surface area contributed by atoms with Crippen molar-refractivity contribution in [3.63, 3.8) is 0 Å². The third-order valence-corrected chi connectivity index (χ3v) is 11.0. The van der Waals surface area contributed by atoms with Crippen molar-refractivity contribution < 1.29 is 8.83 Å². The molecule has 0 radical (unpaired) electrons. The minimum Gasteiger partial charge on any atom is -0.456 e. The number of para-hydroxylation sites is 2. The maximum absolute atomic E-state index is 6.39. The molecule has 0 fully saturated rings. The Morgan fingerprint density at radius 1 is 0.491 bits per heavy atom. The zero-order valence-corrected chi connectivity index (χ0v) is 28.9. The summed E-state index contributed by atoms with van der Waals surface area (Å²) in [6.45, 7) is 0. The highest BCUT2D eigenvalue weighted by Crippen LogP contribution is 2.44. The van der Waals surface area contributed by atoms with Gasteiger partial charge < -0.3 is 13.7 Å². The number of benzene rings is 7. The van der Waals surface area contributed by atoms with Gasteiger partial charge in [0.25, 0.3) is 0 Å². The van der Waals surface area contributed by atoms with Crippen LogP contribution in [0.2, 0.25) is 0 Å². The standard InChI is InChI=1S/C50H33NO2/c1-2-12-35-31-50-44(28-34(35)11-1)43-30-37(23-27-49(43)53-50)40-15-5-7-17-45(40)51(46-18-9-13-33-10-3-4-14-39(33)46)38-24-20-32(21-25-38)36-22-26-48-42(29-36)41-16-6-8-19-47(41)52-48/h1-12,14-31,33H,13H2. The van der Waals surface area contributed by atoms with Gasteiger partial charge in [0.05, 0.1) is 5.69 Å². The zero-order chi connectivity index (χ0) is 34.9. The number of furan rings is 2. The predicted molar refractivity (Wildman–Crippen MR) is 221 cm³/mol. The Bertz CT molecular complexity index is 3040. The van der Waals surface area contributed by atoms with E-state index in [0.717, 1.165) is 83.9 Å². The van der Waals surface area contributed by atoms with Crippen LogP contribution in [0.1, 0.15) is 6.42 Å². The molecule has 11 rings (SSSR count). The second-order valence-corrected chi connectivity index (χ2v) is 14.0. The van der Waals surface area contributed by atoms with Crippen LogP contribution in [0.4, 0.5) is 11.4 Å². The van der Waals surface area contributed by atoms with Gasteiger partial charge in [-0.3, -0.25) is 0 Å². The van der Waals surface area contributed by atoms with Crippen molar-refractivity contribution in [1.29, 1.82) is 0 Å². The van der Waals surface area contributed by atoms with Gasteiger partial charge in [0.15, 0.2) is 0 Å². The van der Waals surface area contributed by atoms with Crippen LogP contribution in [0.3, 0.4) is 0 Å². The average molecular weight is 680 g/mol. The quantitative estimate of drug-likeness (QED) is 0.181. The second-order valence-electron chi connectivity index (χ2n) is 14.0. The Morgan fingerprint density at radius 2 is 1.15 bits per heavy atom. The van der Waals surface area contributed by atoms with Crippen LogP contribution < -0.4 is 4.90 Å². The van der Waals surface area contributed by atoms with E-state index in [-0.39, 0.29) is 0 Å². The molecule has 2 aliphatic carbocycles. The molecule has 0 saturated carbocycles. The summed E-state index contributed by atoms with van der Waals surface area (Å²) in [7, 11) is 0. The normalized spacial score (nSPS) is 15.4. The highest BCUT2D eigenvalue weighted by Gasteiger charge is 2.25. The second kappa shape index (κ2) is 11.9. The smallest absolute Gasteiger partial charge is 0.136 e. The Labute approximate surface area is 306 Å². The largest absolute Gasteiger partial charge is 0.456 e. The van der Waals surface area contributed by atoms with Crippen molar-refractivity contribution in [2.45, 2.75) is 6.42 Å². The van der Waals surface area contributed by atoms with Crippen LogP contribution in [0.5, 0.6) is 0 Å². The Kier molecular flexibility index (Phi) is 6.68. The van der Waals surface area contributed by atoms with Crippen LogP contribution in [-0.2, 0) is 0 Å². The van der Waals surface area contributed by atoms with E-state index in [1.165, 1.54) is 22.0 Å². The summed E-state index contributed by atoms with van der Waals surface area (Å²) in [5.74, 6) is 0.342. The number of rotatable bonds is 5. The van der Waals surface area contributed by atoms with E-state index in [1.807, 2.05) is 12.1 Å². The summed E-state index contributed by atoms with van der Waals surface area (Å²) >= 11 is 0. The zero-order valence-electron chi connectivity index (χ0n) is 28.9. The molecule has 2 heterocycles. The highest BCUT2D eigenvalue weighted by molar-refractivity contribution is 6.11. The van der Waals surface area contributed by atoms with Crippen LogP contribution in [0.15, 0.2) is 202 Å². The lowest BCUT2D eigenvalue weighted by atomic mass is 9.85. The Hall–Kier alpha value is -6.84. The van der Waals surface area contributed by atoms with Gasteiger partial charge >= 0.3 is 0 Å². The summed E-state index contributed by atoms with van der Waals surface area (Å²) in [6.07, 6.45) is 14.6. The maximum atomic E-state index is 6.39. The highest BCUT2D eigenvalue weighted by atomic mass is 16.3. The predicted octanol–water partition coefficient (Wildman–Crippen LogP) is 14.1. The first-order chi connectivity index (χ1) is 26.2. The fourth-order valence-corrected chi connectivity index (χ4v) is 8.35. The van der Waals surface area contributed by atoms with Gasteiger partial charge in [0.1, 0.15) is 22.3 Å². The van der Waals surface area contributed by atoms with Crippen molar-refractivity contribution in [3.05, 3.63) is 193 Å². The summed E-state index contributed by atoms with van der Waals surface area (Å²) in [6, 6.07) is 52.0. The first-order valence-corrected chi connectivity index (χ1v) is 18.3. The molecule has 7 aromatic carbocycles. The topological polar surface area (TPSA) is 29.5 Å². The summed E-state index contributed by atoms with van der Waals surface area (Å²) < 4.78 is 12.5. The average Bonchev–Trinajstić information content (AvgIpc) is 3.77. The molecule has 53 heavy (non-hydrogen) atoms. The molecule has 3 heteroatoms. The van der Waals surface area contributed by atoms with Gasteiger partial charge in [-0.15, -0.1) is 0 Å². The van der Waals surface area contributed by atoms with Crippen molar-refractivity contribution >= 4 is 66.0 Å². The number of hydrogen-bond donors (Lipinski definition) is 0. The number of hydrogen-bond acceptors (Lipinski definition) is 3. The maximum Gasteiger partial charge on any atom is 0.136 e. The van der Waals surface area contributed by atoms with Crippen LogP contribution in [-0.4, -0.2) is 0 Å². The summed E-state index contributed by atoms with van der Waals surface area (Å²) in [5.41, 5.74) is 13.0. The number of fused-ring (bicyclic) bond motifs is 8. The fourth-order valence-electron chi connectivity index (χ4n) is 8.35. The Morgan fingerprint density at radius 3 is 2.04 bits per heavy atom. The molecular formula is C50H33NO2. The van der Waals surface area contributed by atoms with Gasteiger partial charge in [-0.2, -0.15) is 0 Å². The molecule has 9 aromatic rings. The molecule has 0 N–H and O–H groups in total. The first-order valence-electron chi connectivity index (χ1n) is 18.3. The molecule has 1 atom stereocenters. The van der Waals surface area contributed by atoms with E-state index in [4.69, 9.17) is 8.83 Å². The third-order valence-electron chi connectivity index (χ3n) is 11.0. The van der Waals surface area contributed by atoms with Crippen molar-refractivity contribution in [2.75, 3.05) is 4.90 Å². The van der Waals surface area contributed by atoms with E-state index in [0.29, 0.717) is 5.92 Å². The van der Waals surface area contributed by atoms with Crippen molar-refractivity contribution in [1.82, 2.24) is 0 Å². The minimum atomic E-state index is 0.342. The molecule has 3 nitrogen and oxygen atoms in total. The number of anilines is 2. The minimum absolute atomic E-state index is 0.342. The van der Waals surface area contributed by atoms with Gasteiger partial charge in [0.2, 0.25) is 0 Å². The number of nitrogens with zero attached hydrogens (tertiary/aromatic N) is 1. The van der Waals surface area contributed by atoms with E-state index in [2.05, 4.69) is 175 Å². The third kappa shape index (κ3) is 4.89. The molecule has 0 saturated heterocycles. The van der Waals surface area contributed by atoms with Crippen LogP contribution in [0.25, 0.3) is 76.9 Å². The van der Waals surface area contributed by atoms with Crippen molar-refractivity contribution in [3.8, 4) is 22.3 Å². The van der Waals surface area contributed by atoms with Crippen molar-refractivity contribution in [2.24, 2.45) is 5.92 Å². The molecule has 0 amide bonds. The van der Waals surface area contributed by atoms with E-state index >= 15 is 0 Å². The molecule has 2 aliphatic rings. The molecule has 0 spiro atoms. The lowest BCUT2D eigenvalue weighted by molar-refractivity contribution is 0.669. The molecule has 2 aromatic heterocycles. The first kappa shape index (κ1) is 29.8. The molecule has 0 bridgehead atoms. The van der Waals surface area contributed by atoms with Gasteiger partial charge in [-0.1, -0.05) is 115 Å². The Balaban J connectivity index is 1.06. The monoisotopic (exact) mass is 679 g/mol. The van der Waals surface area contributed by atoms with Gasteiger partial charge in [-0.05, 0) is 106 Å². The van der Waals surface area contributed by atoms with Crippen LogP contribution in [0, 0.1) is 5.92 Å². The van der Waals surface area contributed by atoms with E-state index in [9.17, 15) is 0 Å². The summed E-state index contributed by atoms with van der Waals surface area (Å²) in [5, 5.41) is 6.92. The SMILES string of the molecule is C1=CC2=C(N(c3ccc(-c4ccc5oc6ccccc6c5c4)cc3)c3ccccc3-c3ccc4oc5cc6ccccc6cc5c4c3)C=CCC2C=C1.